The van der Waals surface area contributed by atoms with Crippen molar-refractivity contribution < 1.29 is 33.0 Å². The van der Waals surface area contributed by atoms with Crippen LogP contribution in [-0.2, 0) is 14.3 Å². The Morgan fingerprint density at radius 3 is 2.68 bits per heavy atom. The third-order valence-electron chi connectivity index (χ3n) is 5.19. The third kappa shape index (κ3) is 4.43. The first-order valence-electron chi connectivity index (χ1n) is 10.2. The van der Waals surface area contributed by atoms with Gasteiger partial charge in [-0.3, -0.25) is 14.7 Å². The lowest BCUT2D eigenvalue weighted by molar-refractivity contribution is -0.124. The van der Waals surface area contributed by atoms with E-state index in [4.69, 9.17) is 21.1 Å². The predicted molar refractivity (Wildman–Crippen MR) is 115 cm³/mol. The lowest BCUT2D eigenvalue weighted by atomic mass is 10.1. The number of imidazole rings is 1. The summed E-state index contributed by atoms with van der Waals surface area (Å²) in [6.07, 6.45) is -4.76. The molecule has 3 atom stereocenters. The van der Waals surface area contributed by atoms with E-state index >= 15 is 0 Å². The van der Waals surface area contributed by atoms with Gasteiger partial charge in [0.25, 0.3) is 0 Å². The summed E-state index contributed by atoms with van der Waals surface area (Å²) in [4.78, 5) is 36.2. The van der Waals surface area contributed by atoms with Crippen molar-refractivity contribution in [1.29, 1.82) is 0 Å². The number of rotatable bonds is 6. The Labute approximate surface area is 196 Å². The maximum atomic E-state index is 14.8. The van der Waals surface area contributed by atoms with Gasteiger partial charge in [0.2, 0.25) is 11.9 Å². The molecule has 1 amide bonds. The number of aliphatic hydroxyl groups excluding tert-OH is 1. The molecule has 13 heteroatoms. The summed E-state index contributed by atoms with van der Waals surface area (Å²) < 4.78 is 41.0. The highest BCUT2D eigenvalue weighted by Gasteiger charge is 2.59. The van der Waals surface area contributed by atoms with Crippen LogP contribution in [-0.4, -0.2) is 61.2 Å². The van der Waals surface area contributed by atoms with Crippen molar-refractivity contribution in [2.75, 3.05) is 11.9 Å². The van der Waals surface area contributed by atoms with E-state index in [1.54, 1.807) is 32.0 Å². The molecule has 1 aliphatic heterocycles. The SMILES string of the molecule is CC(C)C(=O)Nc1nc(Cl)c2ncn([C@@H]3O[C@H](COC(=O)c4ccccc4)C(F)(F)[C@H]3O)c2n1. The molecule has 0 saturated carbocycles. The Hall–Kier alpha value is -3.22. The van der Waals surface area contributed by atoms with Gasteiger partial charge < -0.3 is 14.6 Å². The van der Waals surface area contributed by atoms with Gasteiger partial charge in [-0.1, -0.05) is 43.6 Å². The molecule has 2 aromatic heterocycles. The second kappa shape index (κ2) is 9.20. The average Bonchev–Trinajstić information content (AvgIpc) is 3.31. The molecular weight excluding hydrogens is 476 g/mol. The molecule has 1 aliphatic rings. The Morgan fingerprint density at radius 2 is 2.00 bits per heavy atom. The van der Waals surface area contributed by atoms with Crippen molar-refractivity contribution in [3.63, 3.8) is 0 Å². The smallest absolute Gasteiger partial charge is 0.338 e. The summed E-state index contributed by atoms with van der Waals surface area (Å²) in [6, 6.07) is 7.85. The molecular formula is C21H20ClF2N5O5. The first-order valence-corrected chi connectivity index (χ1v) is 10.6. The topological polar surface area (TPSA) is 128 Å². The van der Waals surface area contributed by atoms with Crippen LogP contribution in [0.15, 0.2) is 36.7 Å². The number of benzene rings is 1. The Bertz CT molecular complexity index is 1220. The number of nitrogens with one attached hydrogen (secondary N) is 1. The molecule has 0 spiro atoms. The zero-order valence-corrected chi connectivity index (χ0v) is 18.7. The molecule has 0 radical (unpaired) electrons. The van der Waals surface area contributed by atoms with Crippen molar-refractivity contribution in [3.8, 4) is 0 Å². The van der Waals surface area contributed by atoms with Gasteiger partial charge in [-0.2, -0.15) is 9.97 Å². The van der Waals surface area contributed by atoms with Crippen LogP contribution in [0.3, 0.4) is 0 Å². The minimum Gasteiger partial charge on any atom is -0.459 e. The summed E-state index contributed by atoms with van der Waals surface area (Å²) >= 11 is 6.12. The Morgan fingerprint density at radius 1 is 1.29 bits per heavy atom. The van der Waals surface area contributed by atoms with Crippen LogP contribution in [0.2, 0.25) is 5.15 Å². The second-order valence-electron chi connectivity index (χ2n) is 7.91. The van der Waals surface area contributed by atoms with Crippen LogP contribution in [0.5, 0.6) is 0 Å². The van der Waals surface area contributed by atoms with Gasteiger partial charge in [-0.25, -0.2) is 18.6 Å². The monoisotopic (exact) mass is 495 g/mol. The zero-order chi connectivity index (χ0) is 24.6. The maximum absolute atomic E-state index is 14.8. The Kier molecular flexibility index (Phi) is 6.47. The maximum Gasteiger partial charge on any atom is 0.338 e. The molecule has 180 valence electrons. The van der Waals surface area contributed by atoms with Crippen molar-refractivity contribution in [1.82, 2.24) is 19.5 Å². The molecule has 1 saturated heterocycles. The highest BCUT2D eigenvalue weighted by molar-refractivity contribution is 6.33. The van der Waals surface area contributed by atoms with Crippen molar-refractivity contribution >= 4 is 40.6 Å². The standard InChI is InChI=1S/C21H20ClF2N5O5/c1-10(2)17(31)28-20-26-15(22)13-16(27-20)29(9-25-13)18-14(30)21(23,24)12(34-18)8-33-19(32)11-6-4-3-5-7-11/h3-7,9-10,12,14,18,30H,8H2,1-2H3,(H,26,27,28,31)/t12-,14+,18-/m1/s1. The van der Waals surface area contributed by atoms with Gasteiger partial charge in [0.1, 0.15) is 12.1 Å². The van der Waals surface area contributed by atoms with E-state index in [0.717, 1.165) is 10.9 Å². The average molecular weight is 496 g/mol. The van der Waals surface area contributed by atoms with Crippen LogP contribution in [0.1, 0.15) is 30.4 Å². The summed E-state index contributed by atoms with van der Waals surface area (Å²) in [5, 5.41) is 12.7. The number of fused-ring (bicyclic) bond motifs is 1. The van der Waals surface area contributed by atoms with E-state index in [1.807, 2.05) is 0 Å². The van der Waals surface area contributed by atoms with Crippen LogP contribution in [0.25, 0.3) is 11.2 Å². The fourth-order valence-electron chi connectivity index (χ4n) is 3.27. The highest BCUT2D eigenvalue weighted by atomic mass is 35.5. The quantitative estimate of drug-likeness (QED) is 0.394. The number of carbonyl (C=O) groups excluding carboxylic acids is 2. The second-order valence-corrected chi connectivity index (χ2v) is 8.26. The summed E-state index contributed by atoms with van der Waals surface area (Å²) in [5.74, 6) is -5.49. The van der Waals surface area contributed by atoms with E-state index in [9.17, 15) is 23.5 Å². The number of anilines is 1. The number of aliphatic hydroxyl groups is 1. The number of alkyl halides is 2. The first kappa shape index (κ1) is 23.9. The third-order valence-corrected chi connectivity index (χ3v) is 5.45. The molecule has 1 fully saturated rings. The van der Waals surface area contributed by atoms with Gasteiger partial charge in [0.05, 0.1) is 11.9 Å². The molecule has 0 unspecified atom stereocenters. The molecule has 10 nitrogen and oxygen atoms in total. The van der Waals surface area contributed by atoms with Crippen LogP contribution in [0.4, 0.5) is 14.7 Å². The van der Waals surface area contributed by atoms with E-state index < -0.39 is 36.9 Å². The van der Waals surface area contributed by atoms with Gasteiger partial charge in [-0.05, 0) is 12.1 Å². The number of hydrogen-bond donors (Lipinski definition) is 2. The molecule has 4 rings (SSSR count). The minimum atomic E-state index is -3.76. The molecule has 0 aliphatic carbocycles. The van der Waals surface area contributed by atoms with Crippen LogP contribution >= 0.6 is 11.6 Å². The predicted octanol–water partition coefficient (Wildman–Crippen LogP) is 2.82. The van der Waals surface area contributed by atoms with Crippen molar-refractivity contribution in [2.45, 2.75) is 38.2 Å². The summed E-state index contributed by atoms with van der Waals surface area (Å²) in [5.41, 5.74) is 0.201. The fraction of sp³-hybridized carbons (Fsp3) is 0.381. The van der Waals surface area contributed by atoms with Crippen molar-refractivity contribution in [3.05, 3.63) is 47.4 Å². The lowest BCUT2D eigenvalue weighted by Gasteiger charge is -2.19. The number of ether oxygens (including phenoxy) is 2. The lowest BCUT2D eigenvalue weighted by Crippen LogP contribution is -2.41. The first-order chi connectivity index (χ1) is 16.1. The largest absolute Gasteiger partial charge is 0.459 e. The van der Waals surface area contributed by atoms with Crippen LogP contribution < -0.4 is 5.32 Å². The van der Waals surface area contributed by atoms with E-state index in [-0.39, 0.29) is 39.7 Å². The number of nitrogens with zero attached hydrogens (tertiary/aromatic N) is 4. The normalized spacial score (nSPS) is 21.7. The van der Waals surface area contributed by atoms with Gasteiger partial charge in [0, 0.05) is 5.92 Å². The number of amides is 1. The number of aromatic nitrogens is 4. The van der Waals surface area contributed by atoms with Crippen LogP contribution in [0, 0.1) is 5.92 Å². The number of carbonyl (C=O) groups is 2. The number of esters is 1. The van der Waals surface area contributed by atoms with Gasteiger partial charge in [-0.15, -0.1) is 0 Å². The minimum absolute atomic E-state index is 0.0409. The van der Waals surface area contributed by atoms with E-state index in [1.165, 1.54) is 12.1 Å². The zero-order valence-electron chi connectivity index (χ0n) is 18.0. The van der Waals surface area contributed by atoms with Gasteiger partial charge in [0.15, 0.2) is 29.2 Å². The van der Waals surface area contributed by atoms with E-state index in [0.29, 0.717) is 0 Å². The Balaban J connectivity index is 1.58. The number of halogens is 3. The molecule has 2 N–H and O–H groups in total. The molecule has 1 aromatic carbocycles. The highest BCUT2D eigenvalue weighted by Crippen LogP contribution is 2.42. The summed E-state index contributed by atoms with van der Waals surface area (Å²) in [7, 11) is 0. The summed E-state index contributed by atoms with van der Waals surface area (Å²) in [6.45, 7) is 2.52. The molecule has 34 heavy (non-hydrogen) atoms. The fourth-order valence-corrected chi connectivity index (χ4v) is 3.48. The van der Waals surface area contributed by atoms with E-state index in [2.05, 4.69) is 20.3 Å². The van der Waals surface area contributed by atoms with Crippen molar-refractivity contribution in [2.24, 2.45) is 5.92 Å². The van der Waals surface area contributed by atoms with Gasteiger partial charge >= 0.3 is 11.9 Å². The molecule has 0 bridgehead atoms. The molecule has 3 aromatic rings. The molecule has 3 heterocycles. The number of hydrogen-bond acceptors (Lipinski definition) is 8.